The van der Waals surface area contributed by atoms with Crippen LogP contribution in [0, 0.1) is 0 Å². The zero-order valence-electron chi connectivity index (χ0n) is 10.6. The molecule has 6 heteroatoms. The van der Waals surface area contributed by atoms with Gasteiger partial charge in [-0.2, -0.15) is 0 Å². The highest BCUT2D eigenvalue weighted by atomic mass is 35.5. The summed E-state index contributed by atoms with van der Waals surface area (Å²) in [6, 6.07) is 4.73. The number of likely N-dealkylation sites (tertiary alicyclic amines) is 1. The van der Waals surface area contributed by atoms with E-state index in [1.54, 1.807) is 30.1 Å². The lowest BCUT2D eigenvalue weighted by molar-refractivity contribution is -0.128. The minimum atomic E-state index is -0.787. The molecule has 0 aliphatic carbocycles. The van der Waals surface area contributed by atoms with Gasteiger partial charge in [0.2, 0.25) is 5.91 Å². The van der Waals surface area contributed by atoms with Crippen molar-refractivity contribution in [1.82, 2.24) is 10.2 Å². The fourth-order valence-electron chi connectivity index (χ4n) is 2.15. The molecule has 2 N–H and O–H groups in total. The number of carbonyl (C=O) groups is 1. The molecule has 4 nitrogen and oxygen atoms in total. The lowest BCUT2D eigenvalue weighted by Crippen LogP contribution is -2.39. The third-order valence-electron chi connectivity index (χ3n) is 3.30. The molecule has 0 aromatic heterocycles. The maximum Gasteiger partial charge on any atom is 0.239 e. The number of aliphatic hydroxyl groups is 1. The molecule has 1 fully saturated rings. The summed E-state index contributed by atoms with van der Waals surface area (Å²) in [7, 11) is 1.77. The van der Waals surface area contributed by atoms with Gasteiger partial charge in [0.25, 0.3) is 0 Å². The Morgan fingerprint density at radius 2 is 2.26 bits per heavy atom. The molecule has 1 aromatic carbocycles. The molecule has 2 rings (SSSR count). The molecule has 1 saturated heterocycles. The van der Waals surface area contributed by atoms with Crippen LogP contribution in [0.5, 0.6) is 0 Å². The van der Waals surface area contributed by atoms with Crippen molar-refractivity contribution in [2.45, 2.75) is 18.6 Å². The monoisotopic (exact) mass is 302 g/mol. The van der Waals surface area contributed by atoms with Crippen LogP contribution in [0.1, 0.15) is 18.1 Å². The highest BCUT2D eigenvalue weighted by Gasteiger charge is 2.29. The van der Waals surface area contributed by atoms with Crippen LogP contribution in [-0.2, 0) is 4.79 Å². The van der Waals surface area contributed by atoms with E-state index in [1.807, 2.05) is 0 Å². The fourth-order valence-corrected chi connectivity index (χ4v) is 2.57. The minimum absolute atomic E-state index is 0.0596. The van der Waals surface area contributed by atoms with Crippen LogP contribution in [0.4, 0.5) is 0 Å². The van der Waals surface area contributed by atoms with Crippen molar-refractivity contribution in [1.29, 1.82) is 0 Å². The molecule has 0 saturated carbocycles. The molecule has 104 valence electrons. The Hall–Kier alpha value is -0.810. The van der Waals surface area contributed by atoms with Gasteiger partial charge >= 0.3 is 0 Å². The average molecular weight is 303 g/mol. The smallest absolute Gasteiger partial charge is 0.239 e. The summed E-state index contributed by atoms with van der Waals surface area (Å²) in [5.74, 6) is 0.0596. The van der Waals surface area contributed by atoms with Gasteiger partial charge in [0.05, 0.1) is 12.1 Å². The van der Waals surface area contributed by atoms with Crippen molar-refractivity contribution in [2.75, 3.05) is 20.1 Å². The molecular weight excluding hydrogens is 287 g/mol. The summed E-state index contributed by atoms with van der Waals surface area (Å²) >= 11 is 11.9. The Bertz CT molecular complexity index is 482. The summed E-state index contributed by atoms with van der Waals surface area (Å²) in [5, 5.41) is 14.2. The first-order valence-electron chi connectivity index (χ1n) is 6.10. The average Bonchev–Trinajstić information content (AvgIpc) is 2.70. The molecule has 1 aromatic rings. The second-order valence-electron chi connectivity index (χ2n) is 4.69. The van der Waals surface area contributed by atoms with Crippen LogP contribution >= 0.6 is 23.2 Å². The van der Waals surface area contributed by atoms with Gasteiger partial charge in [-0.3, -0.25) is 4.79 Å². The molecule has 0 radical (unpaired) electrons. The second-order valence-corrected chi connectivity index (χ2v) is 5.53. The van der Waals surface area contributed by atoms with Crippen molar-refractivity contribution >= 4 is 29.1 Å². The molecule has 1 aliphatic rings. The Balaban J connectivity index is 1.96. The maximum absolute atomic E-state index is 11.7. The standard InChI is InChI=1S/C13H16Cl2N2O2/c1-17-5-4-11(13(17)19)16-7-12(18)9-6-8(14)2-3-10(9)15/h2-3,6,11-12,16,18H,4-5,7H2,1H3. The summed E-state index contributed by atoms with van der Waals surface area (Å²) < 4.78 is 0. The Morgan fingerprint density at radius 3 is 2.89 bits per heavy atom. The topological polar surface area (TPSA) is 52.6 Å². The minimum Gasteiger partial charge on any atom is -0.387 e. The molecule has 1 amide bonds. The van der Waals surface area contributed by atoms with E-state index in [2.05, 4.69) is 5.32 Å². The van der Waals surface area contributed by atoms with Crippen molar-refractivity contribution in [3.05, 3.63) is 33.8 Å². The third kappa shape index (κ3) is 3.39. The molecular formula is C13H16Cl2N2O2. The van der Waals surface area contributed by atoms with Crippen LogP contribution in [0.15, 0.2) is 18.2 Å². The van der Waals surface area contributed by atoms with E-state index in [1.165, 1.54) is 0 Å². The number of amides is 1. The summed E-state index contributed by atoms with van der Waals surface area (Å²) in [5.41, 5.74) is 0.570. The number of nitrogens with zero attached hydrogens (tertiary/aromatic N) is 1. The van der Waals surface area contributed by atoms with E-state index in [0.29, 0.717) is 15.6 Å². The van der Waals surface area contributed by atoms with E-state index in [9.17, 15) is 9.90 Å². The molecule has 0 bridgehead atoms. The molecule has 19 heavy (non-hydrogen) atoms. The van der Waals surface area contributed by atoms with Crippen LogP contribution in [0.3, 0.4) is 0 Å². The number of halogens is 2. The van der Waals surface area contributed by atoms with Crippen molar-refractivity contribution in [3.8, 4) is 0 Å². The number of hydrogen-bond donors (Lipinski definition) is 2. The van der Waals surface area contributed by atoms with Gasteiger partial charge in [0, 0.05) is 35.7 Å². The predicted molar refractivity (Wildman–Crippen MR) is 75.5 cm³/mol. The number of nitrogens with one attached hydrogen (secondary N) is 1. The largest absolute Gasteiger partial charge is 0.387 e. The number of aliphatic hydroxyl groups excluding tert-OH is 1. The second kappa shape index (κ2) is 6.09. The lowest BCUT2D eigenvalue weighted by atomic mass is 10.1. The first-order chi connectivity index (χ1) is 8.99. The Kier molecular flexibility index (Phi) is 4.68. The number of likely N-dealkylation sites (N-methyl/N-ethyl adjacent to an activating group) is 1. The zero-order chi connectivity index (χ0) is 14.0. The number of carbonyl (C=O) groups excluding carboxylic acids is 1. The third-order valence-corrected chi connectivity index (χ3v) is 3.88. The van der Waals surface area contributed by atoms with Crippen molar-refractivity contribution < 1.29 is 9.90 Å². The van der Waals surface area contributed by atoms with Gasteiger partial charge in [0.1, 0.15) is 0 Å². The molecule has 1 heterocycles. The van der Waals surface area contributed by atoms with E-state index in [4.69, 9.17) is 23.2 Å². The van der Waals surface area contributed by atoms with Crippen molar-refractivity contribution in [2.24, 2.45) is 0 Å². The lowest BCUT2D eigenvalue weighted by Gasteiger charge is -2.17. The molecule has 0 spiro atoms. The number of hydrogen-bond acceptors (Lipinski definition) is 3. The van der Waals surface area contributed by atoms with Crippen LogP contribution in [0.2, 0.25) is 10.0 Å². The summed E-state index contributed by atoms with van der Waals surface area (Å²) in [4.78, 5) is 13.4. The van der Waals surface area contributed by atoms with E-state index in [0.717, 1.165) is 13.0 Å². The maximum atomic E-state index is 11.7. The summed E-state index contributed by atoms with van der Waals surface area (Å²) in [6.07, 6.45) is -0.0318. The first-order valence-corrected chi connectivity index (χ1v) is 6.86. The highest BCUT2D eigenvalue weighted by molar-refractivity contribution is 6.33. The van der Waals surface area contributed by atoms with Crippen LogP contribution in [0.25, 0.3) is 0 Å². The molecule has 2 atom stereocenters. The van der Waals surface area contributed by atoms with Gasteiger partial charge in [-0.25, -0.2) is 0 Å². The van der Waals surface area contributed by atoms with Crippen LogP contribution in [-0.4, -0.2) is 42.1 Å². The molecule has 1 aliphatic heterocycles. The van der Waals surface area contributed by atoms with Gasteiger partial charge < -0.3 is 15.3 Å². The zero-order valence-corrected chi connectivity index (χ0v) is 12.1. The van der Waals surface area contributed by atoms with E-state index in [-0.39, 0.29) is 18.5 Å². The highest BCUT2D eigenvalue weighted by Crippen LogP contribution is 2.26. The van der Waals surface area contributed by atoms with Gasteiger partial charge in [-0.05, 0) is 24.6 Å². The van der Waals surface area contributed by atoms with E-state index >= 15 is 0 Å². The quantitative estimate of drug-likeness (QED) is 0.892. The van der Waals surface area contributed by atoms with Gasteiger partial charge in [-0.15, -0.1) is 0 Å². The Morgan fingerprint density at radius 1 is 1.53 bits per heavy atom. The fraction of sp³-hybridized carbons (Fsp3) is 0.462. The van der Waals surface area contributed by atoms with Crippen molar-refractivity contribution in [3.63, 3.8) is 0 Å². The SMILES string of the molecule is CN1CCC(NCC(O)c2cc(Cl)ccc2Cl)C1=O. The Labute approximate surface area is 122 Å². The molecule has 2 unspecified atom stereocenters. The summed E-state index contributed by atoms with van der Waals surface area (Å²) in [6.45, 7) is 1.01. The van der Waals surface area contributed by atoms with E-state index < -0.39 is 6.10 Å². The predicted octanol–water partition coefficient (Wildman–Crippen LogP) is 1.85. The first kappa shape index (κ1) is 14.6. The van der Waals surface area contributed by atoms with Gasteiger partial charge in [-0.1, -0.05) is 23.2 Å². The number of benzene rings is 1. The normalized spacial score (nSPS) is 20.9. The number of rotatable bonds is 4. The van der Waals surface area contributed by atoms with Gasteiger partial charge in [0.15, 0.2) is 0 Å². The van der Waals surface area contributed by atoms with Crippen LogP contribution < -0.4 is 5.32 Å².